The molecule has 2 aromatic heterocycles. The Kier molecular flexibility index (Phi) is 6.68. The van der Waals surface area contributed by atoms with E-state index in [0.717, 1.165) is 5.56 Å². The number of rotatable bonds is 8. The van der Waals surface area contributed by atoms with Crippen LogP contribution in [0.4, 0.5) is 10.6 Å². The quantitative estimate of drug-likeness (QED) is 0.334. The molecule has 3 rings (SSSR count). The number of nitrogens with one attached hydrogen (secondary N) is 1. The average Bonchev–Trinajstić information content (AvgIpc) is 3.16. The molecule has 0 bridgehead atoms. The van der Waals surface area contributed by atoms with Crippen molar-refractivity contribution in [2.75, 3.05) is 5.32 Å². The minimum Gasteiger partial charge on any atom is -0.465 e. The van der Waals surface area contributed by atoms with E-state index in [1.807, 2.05) is 30.3 Å². The van der Waals surface area contributed by atoms with Gasteiger partial charge < -0.3 is 9.94 Å². The number of nitrogens with zero attached hydrogens (tertiary/aromatic N) is 6. The highest BCUT2D eigenvalue weighted by Gasteiger charge is 2.15. The SMILES string of the molecule is C#CCCc1ccc(CO/N=C(/c2ccccc2)c2nnnn2C)c(NC(=O)O)n1. The fourth-order valence-corrected chi connectivity index (χ4v) is 2.61. The van der Waals surface area contributed by atoms with Crippen LogP contribution in [-0.2, 0) is 24.9 Å². The maximum absolute atomic E-state index is 11.1. The molecule has 0 spiro atoms. The number of anilines is 1. The van der Waals surface area contributed by atoms with Gasteiger partial charge in [-0.3, -0.25) is 5.32 Å². The molecule has 0 saturated heterocycles. The summed E-state index contributed by atoms with van der Waals surface area (Å²) in [5.74, 6) is 3.13. The van der Waals surface area contributed by atoms with Crippen LogP contribution in [0.25, 0.3) is 0 Å². The first kappa shape index (κ1) is 20.5. The average molecular weight is 405 g/mol. The second kappa shape index (κ2) is 9.79. The van der Waals surface area contributed by atoms with E-state index in [2.05, 4.69) is 36.9 Å². The highest BCUT2D eigenvalue weighted by molar-refractivity contribution is 6.10. The number of terminal acetylenes is 1. The number of carbonyl (C=O) groups is 1. The van der Waals surface area contributed by atoms with E-state index in [-0.39, 0.29) is 12.4 Å². The van der Waals surface area contributed by atoms with E-state index >= 15 is 0 Å². The molecule has 2 N–H and O–H groups in total. The predicted molar refractivity (Wildman–Crippen MR) is 109 cm³/mol. The summed E-state index contributed by atoms with van der Waals surface area (Å²) in [5, 5.41) is 27.1. The Morgan fingerprint density at radius 2 is 2.10 bits per heavy atom. The van der Waals surface area contributed by atoms with Crippen LogP contribution in [0.15, 0.2) is 47.6 Å². The second-order valence-electron chi connectivity index (χ2n) is 6.15. The second-order valence-corrected chi connectivity index (χ2v) is 6.15. The number of pyridine rings is 1. The van der Waals surface area contributed by atoms with Crippen LogP contribution in [0, 0.1) is 12.3 Å². The number of hydrogen-bond acceptors (Lipinski definition) is 7. The number of carboxylic acid groups (broad SMARTS) is 1. The molecule has 152 valence electrons. The largest absolute Gasteiger partial charge is 0.465 e. The van der Waals surface area contributed by atoms with Crippen molar-refractivity contribution in [3.05, 3.63) is 65.1 Å². The minimum absolute atomic E-state index is 0.0142. The molecule has 0 aliphatic rings. The summed E-state index contributed by atoms with van der Waals surface area (Å²) < 4.78 is 1.48. The van der Waals surface area contributed by atoms with Gasteiger partial charge in [-0.15, -0.1) is 17.4 Å². The maximum Gasteiger partial charge on any atom is 0.410 e. The molecule has 1 aromatic carbocycles. The molecular weight excluding hydrogens is 386 g/mol. The zero-order valence-electron chi connectivity index (χ0n) is 16.2. The van der Waals surface area contributed by atoms with Gasteiger partial charge in [0, 0.05) is 36.7 Å². The van der Waals surface area contributed by atoms with Gasteiger partial charge in [0.25, 0.3) is 0 Å². The van der Waals surface area contributed by atoms with E-state index < -0.39 is 6.09 Å². The Bertz CT molecular complexity index is 1090. The van der Waals surface area contributed by atoms with Crippen LogP contribution in [0.2, 0.25) is 0 Å². The van der Waals surface area contributed by atoms with E-state index in [9.17, 15) is 4.79 Å². The Morgan fingerprint density at radius 1 is 1.30 bits per heavy atom. The standard InChI is InChI=1S/C20H19N7O3/c1-3-4-10-16-12-11-15(18(21-16)22-20(28)29)13-30-24-17(14-8-6-5-7-9-14)19-23-25-26-27(19)2/h1,5-9,11-12H,4,10,13H2,2H3,(H,21,22)(H,28,29)/b24-17-. The molecule has 1 amide bonds. The van der Waals surface area contributed by atoms with E-state index in [1.165, 1.54) is 4.68 Å². The third-order valence-electron chi connectivity index (χ3n) is 4.04. The van der Waals surface area contributed by atoms with Crippen molar-refractivity contribution in [3.63, 3.8) is 0 Å². The van der Waals surface area contributed by atoms with E-state index in [4.69, 9.17) is 16.4 Å². The molecule has 0 radical (unpaired) electrons. The van der Waals surface area contributed by atoms with Crippen LogP contribution in [0.1, 0.15) is 29.1 Å². The first-order chi connectivity index (χ1) is 14.6. The number of aromatic nitrogens is 5. The van der Waals surface area contributed by atoms with Crippen molar-refractivity contribution >= 4 is 17.6 Å². The molecule has 0 saturated carbocycles. The third-order valence-corrected chi connectivity index (χ3v) is 4.04. The number of hydrogen-bond donors (Lipinski definition) is 2. The van der Waals surface area contributed by atoms with E-state index in [1.54, 1.807) is 19.2 Å². The minimum atomic E-state index is -1.23. The monoisotopic (exact) mass is 405 g/mol. The summed E-state index contributed by atoms with van der Waals surface area (Å²) in [4.78, 5) is 21.0. The topological polar surface area (TPSA) is 127 Å². The van der Waals surface area contributed by atoms with Gasteiger partial charge in [0.05, 0.1) is 0 Å². The Hall–Kier alpha value is -4.26. The van der Waals surface area contributed by atoms with Crippen molar-refractivity contribution in [1.29, 1.82) is 0 Å². The summed E-state index contributed by atoms with van der Waals surface area (Å²) in [7, 11) is 1.70. The molecule has 0 atom stereocenters. The molecule has 3 aromatic rings. The van der Waals surface area contributed by atoms with E-state index in [0.29, 0.717) is 35.6 Å². The van der Waals surface area contributed by atoms with Crippen LogP contribution in [0.5, 0.6) is 0 Å². The van der Waals surface area contributed by atoms with Crippen molar-refractivity contribution in [1.82, 2.24) is 25.2 Å². The Morgan fingerprint density at radius 3 is 2.77 bits per heavy atom. The maximum atomic E-state index is 11.1. The normalized spacial score (nSPS) is 11.0. The molecule has 2 heterocycles. The zero-order valence-corrected chi connectivity index (χ0v) is 16.2. The van der Waals surface area contributed by atoms with Crippen molar-refractivity contribution in [3.8, 4) is 12.3 Å². The zero-order chi connectivity index (χ0) is 21.3. The number of benzene rings is 1. The molecule has 0 aliphatic carbocycles. The van der Waals surface area contributed by atoms with Gasteiger partial charge in [0.1, 0.15) is 12.4 Å². The Balaban J connectivity index is 1.85. The number of amides is 1. The molecule has 0 unspecified atom stereocenters. The summed E-state index contributed by atoms with van der Waals surface area (Å²) in [6, 6.07) is 12.8. The molecule has 0 fully saturated rings. The fourth-order valence-electron chi connectivity index (χ4n) is 2.61. The lowest BCUT2D eigenvalue weighted by Gasteiger charge is -2.10. The molecule has 0 aliphatic heterocycles. The van der Waals surface area contributed by atoms with Gasteiger partial charge in [0.2, 0.25) is 5.82 Å². The predicted octanol–water partition coefficient (Wildman–Crippen LogP) is 2.23. The van der Waals surface area contributed by atoms with Crippen LogP contribution in [0.3, 0.4) is 0 Å². The van der Waals surface area contributed by atoms with Crippen LogP contribution in [-0.4, -0.2) is 42.1 Å². The van der Waals surface area contributed by atoms with Gasteiger partial charge >= 0.3 is 6.09 Å². The van der Waals surface area contributed by atoms with Gasteiger partial charge in [-0.05, 0) is 22.6 Å². The van der Waals surface area contributed by atoms with Crippen molar-refractivity contribution in [2.45, 2.75) is 19.4 Å². The van der Waals surface area contributed by atoms with Gasteiger partial charge in [-0.25, -0.2) is 14.5 Å². The Labute approximate surface area is 172 Å². The molecule has 10 nitrogen and oxygen atoms in total. The molecule has 10 heteroatoms. The summed E-state index contributed by atoms with van der Waals surface area (Å²) in [6.07, 6.45) is 5.10. The van der Waals surface area contributed by atoms with Crippen molar-refractivity contribution in [2.24, 2.45) is 12.2 Å². The lowest BCUT2D eigenvalue weighted by atomic mass is 10.1. The first-order valence-corrected chi connectivity index (χ1v) is 8.98. The van der Waals surface area contributed by atoms with Crippen LogP contribution >= 0.6 is 0 Å². The lowest BCUT2D eigenvalue weighted by molar-refractivity contribution is 0.131. The lowest BCUT2D eigenvalue weighted by Crippen LogP contribution is -2.13. The van der Waals surface area contributed by atoms with Gasteiger partial charge in [0.15, 0.2) is 5.71 Å². The van der Waals surface area contributed by atoms with Crippen molar-refractivity contribution < 1.29 is 14.7 Å². The molecule has 30 heavy (non-hydrogen) atoms. The smallest absolute Gasteiger partial charge is 0.410 e. The summed E-state index contributed by atoms with van der Waals surface area (Å²) in [5.41, 5.74) is 2.41. The number of oxime groups is 1. The fraction of sp³-hybridized carbons (Fsp3) is 0.200. The van der Waals surface area contributed by atoms with Gasteiger partial charge in [-0.1, -0.05) is 35.5 Å². The summed E-state index contributed by atoms with van der Waals surface area (Å²) in [6.45, 7) is -0.0142. The number of tetrazole rings is 1. The number of aryl methyl sites for hydroxylation is 2. The van der Waals surface area contributed by atoms with Crippen LogP contribution < -0.4 is 5.32 Å². The third kappa shape index (κ3) is 5.17. The highest BCUT2D eigenvalue weighted by atomic mass is 16.6. The first-order valence-electron chi connectivity index (χ1n) is 8.98. The summed E-state index contributed by atoms with van der Waals surface area (Å²) >= 11 is 0. The molecular formula is C20H19N7O3. The van der Waals surface area contributed by atoms with Gasteiger partial charge in [-0.2, -0.15) is 0 Å². The highest BCUT2D eigenvalue weighted by Crippen LogP contribution is 2.17.